The molecule has 24 heavy (non-hydrogen) atoms. The number of pyridine rings is 1. The zero-order valence-electron chi connectivity index (χ0n) is 13.7. The molecular formula is C18H23N5O. The van der Waals surface area contributed by atoms with E-state index in [-0.39, 0.29) is 5.91 Å². The molecule has 2 atom stereocenters. The standard InChI is InChI=1S/C18H23N5O/c24-18(10-14-7-15-1-2-16(8-14)22-15)21-11-13-3-4-20-17(9-13)23-6-5-19-12-23/h3-6,9,12,14-16,22H,1-2,7-8,10-11H2,(H,21,24). The van der Waals surface area contributed by atoms with Gasteiger partial charge in [-0.15, -0.1) is 0 Å². The minimum atomic E-state index is 0.155. The van der Waals surface area contributed by atoms with Crippen molar-refractivity contribution in [2.24, 2.45) is 5.92 Å². The van der Waals surface area contributed by atoms with Crippen LogP contribution in [0.4, 0.5) is 0 Å². The SMILES string of the molecule is O=C(CC1CC2CCC(C1)N2)NCc1ccnc(-n2ccnc2)c1. The molecule has 6 nitrogen and oxygen atoms in total. The molecule has 2 unspecified atom stereocenters. The third-order valence-electron chi connectivity index (χ3n) is 5.11. The molecule has 2 aromatic heterocycles. The summed E-state index contributed by atoms with van der Waals surface area (Å²) in [4.78, 5) is 20.6. The Labute approximate surface area is 141 Å². The number of fused-ring (bicyclic) bond motifs is 2. The molecule has 2 aromatic rings. The maximum absolute atomic E-state index is 12.3. The number of nitrogens with one attached hydrogen (secondary N) is 2. The lowest BCUT2D eigenvalue weighted by molar-refractivity contribution is -0.122. The lowest BCUT2D eigenvalue weighted by Crippen LogP contribution is -2.39. The summed E-state index contributed by atoms with van der Waals surface area (Å²) in [6.45, 7) is 0.543. The van der Waals surface area contributed by atoms with Crippen molar-refractivity contribution in [3.63, 3.8) is 0 Å². The van der Waals surface area contributed by atoms with Crippen molar-refractivity contribution in [3.05, 3.63) is 42.6 Å². The monoisotopic (exact) mass is 325 g/mol. The van der Waals surface area contributed by atoms with Crippen LogP contribution in [0.1, 0.15) is 37.7 Å². The van der Waals surface area contributed by atoms with Gasteiger partial charge in [0.1, 0.15) is 12.1 Å². The van der Waals surface area contributed by atoms with Crippen LogP contribution in [-0.4, -0.2) is 32.5 Å². The molecule has 2 bridgehead atoms. The van der Waals surface area contributed by atoms with Crippen LogP contribution in [0.3, 0.4) is 0 Å². The first-order chi connectivity index (χ1) is 11.8. The fourth-order valence-corrected chi connectivity index (χ4v) is 3.98. The number of hydrogen-bond acceptors (Lipinski definition) is 4. The summed E-state index contributed by atoms with van der Waals surface area (Å²) >= 11 is 0. The van der Waals surface area contributed by atoms with Crippen molar-refractivity contribution in [1.29, 1.82) is 0 Å². The third kappa shape index (κ3) is 3.48. The summed E-state index contributed by atoms with van der Waals surface area (Å²) in [6, 6.07) is 5.19. The Kier molecular flexibility index (Phi) is 4.30. The van der Waals surface area contributed by atoms with Crippen LogP contribution < -0.4 is 10.6 Å². The molecule has 4 heterocycles. The van der Waals surface area contributed by atoms with Gasteiger partial charge in [-0.1, -0.05) is 0 Å². The third-order valence-corrected chi connectivity index (χ3v) is 5.11. The molecule has 4 rings (SSSR count). The van der Waals surface area contributed by atoms with Crippen LogP contribution in [0.25, 0.3) is 5.82 Å². The molecule has 6 heteroatoms. The zero-order chi connectivity index (χ0) is 16.4. The number of carbonyl (C=O) groups excluding carboxylic acids is 1. The number of imidazole rings is 1. The lowest BCUT2D eigenvalue weighted by atomic mass is 9.89. The Morgan fingerprint density at radius 3 is 2.88 bits per heavy atom. The van der Waals surface area contributed by atoms with Gasteiger partial charge < -0.3 is 10.6 Å². The molecule has 1 amide bonds. The molecule has 0 radical (unpaired) electrons. The smallest absolute Gasteiger partial charge is 0.220 e. The van der Waals surface area contributed by atoms with E-state index in [4.69, 9.17) is 0 Å². The maximum atomic E-state index is 12.3. The molecule has 2 saturated heterocycles. The van der Waals surface area contributed by atoms with Gasteiger partial charge in [-0.3, -0.25) is 9.36 Å². The van der Waals surface area contributed by atoms with Gasteiger partial charge in [0.05, 0.1) is 0 Å². The van der Waals surface area contributed by atoms with Crippen molar-refractivity contribution < 1.29 is 4.79 Å². The molecule has 2 aliphatic heterocycles. The quantitative estimate of drug-likeness (QED) is 0.879. The molecule has 2 N–H and O–H groups in total. The number of carbonyl (C=O) groups is 1. The van der Waals surface area contributed by atoms with E-state index in [2.05, 4.69) is 20.6 Å². The fourth-order valence-electron chi connectivity index (χ4n) is 3.98. The topological polar surface area (TPSA) is 71.8 Å². The van der Waals surface area contributed by atoms with Crippen LogP contribution >= 0.6 is 0 Å². The Bertz CT molecular complexity index is 687. The first kappa shape index (κ1) is 15.3. The van der Waals surface area contributed by atoms with E-state index < -0.39 is 0 Å². The van der Waals surface area contributed by atoms with Crippen molar-refractivity contribution >= 4 is 5.91 Å². The number of nitrogens with zero attached hydrogens (tertiary/aromatic N) is 3. The van der Waals surface area contributed by atoms with Crippen molar-refractivity contribution in [3.8, 4) is 5.82 Å². The summed E-state index contributed by atoms with van der Waals surface area (Å²) in [5.74, 6) is 1.50. The second kappa shape index (κ2) is 6.73. The van der Waals surface area contributed by atoms with Gasteiger partial charge in [-0.25, -0.2) is 9.97 Å². The van der Waals surface area contributed by atoms with Gasteiger partial charge in [0.2, 0.25) is 5.91 Å². The summed E-state index contributed by atoms with van der Waals surface area (Å²) in [7, 11) is 0. The van der Waals surface area contributed by atoms with Gasteiger partial charge in [0.15, 0.2) is 0 Å². The predicted molar refractivity (Wildman–Crippen MR) is 90.5 cm³/mol. The maximum Gasteiger partial charge on any atom is 0.220 e. The average Bonchev–Trinajstić information content (AvgIpc) is 3.23. The van der Waals surface area contributed by atoms with Crippen LogP contribution in [-0.2, 0) is 11.3 Å². The summed E-state index contributed by atoms with van der Waals surface area (Å²) in [5, 5.41) is 6.68. The zero-order valence-corrected chi connectivity index (χ0v) is 13.7. The summed E-state index contributed by atoms with van der Waals surface area (Å²) < 4.78 is 1.86. The molecule has 0 aliphatic carbocycles. The van der Waals surface area contributed by atoms with Crippen LogP contribution in [0.15, 0.2) is 37.1 Å². The first-order valence-electron chi connectivity index (χ1n) is 8.72. The summed E-state index contributed by atoms with van der Waals surface area (Å²) in [5.41, 5.74) is 1.05. The van der Waals surface area contributed by atoms with Crippen LogP contribution in [0.5, 0.6) is 0 Å². The number of hydrogen-bond donors (Lipinski definition) is 2. The second-order valence-electron chi connectivity index (χ2n) is 6.95. The van der Waals surface area contributed by atoms with Crippen LogP contribution in [0.2, 0.25) is 0 Å². The Balaban J connectivity index is 1.30. The van der Waals surface area contributed by atoms with E-state index in [0.29, 0.717) is 31.0 Å². The molecule has 0 saturated carbocycles. The highest BCUT2D eigenvalue weighted by Gasteiger charge is 2.34. The lowest BCUT2D eigenvalue weighted by Gasteiger charge is -2.28. The summed E-state index contributed by atoms with van der Waals surface area (Å²) in [6.07, 6.45) is 12.5. The van der Waals surface area contributed by atoms with Gasteiger partial charge in [0.25, 0.3) is 0 Å². The highest BCUT2D eigenvalue weighted by atomic mass is 16.1. The Morgan fingerprint density at radius 2 is 2.12 bits per heavy atom. The molecule has 2 aliphatic rings. The molecular weight excluding hydrogens is 302 g/mol. The van der Waals surface area contributed by atoms with Crippen molar-refractivity contribution in [2.75, 3.05) is 0 Å². The van der Waals surface area contributed by atoms with E-state index >= 15 is 0 Å². The average molecular weight is 325 g/mol. The highest BCUT2D eigenvalue weighted by molar-refractivity contribution is 5.76. The van der Waals surface area contributed by atoms with Gasteiger partial charge in [-0.2, -0.15) is 0 Å². The van der Waals surface area contributed by atoms with Crippen molar-refractivity contribution in [1.82, 2.24) is 25.2 Å². The van der Waals surface area contributed by atoms with Crippen molar-refractivity contribution in [2.45, 2.75) is 50.7 Å². The van der Waals surface area contributed by atoms with E-state index in [1.165, 1.54) is 12.8 Å². The van der Waals surface area contributed by atoms with E-state index in [1.807, 2.05) is 22.9 Å². The minimum absolute atomic E-state index is 0.155. The molecule has 126 valence electrons. The van der Waals surface area contributed by atoms with Gasteiger partial charge in [-0.05, 0) is 49.3 Å². The first-order valence-corrected chi connectivity index (χ1v) is 8.72. The number of aromatic nitrogens is 3. The second-order valence-corrected chi connectivity index (χ2v) is 6.95. The number of amides is 1. The van der Waals surface area contributed by atoms with E-state index in [1.54, 1.807) is 18.7 Å². The van der Waals surface area contributed by atoms with Gasteiger partial charge in [0, 0.05) is 43.6 Å². The number of rotatable bonds is 5. The van der Waals surface area contributed by atoms with E-state index in [0.717, 1.165) is 24.2 Å². The number of piperidine rings is 1. The molecule has 0 spiro atoms. The van der Waals surface area contributed by atoms with Gasteiger partial charge >= 0.3 is 0 Å². The van der Waals surface area contributed by atoms with E-state index in [9.17, 15) is 4.79 Å². The fraction of sp³-hybridized carbons (Fsp3) is 0.500. The Hall–Kier alpha value is -2.21. The van der Waals surface area contributed by atoms with Crippen LogP contribution in [0, 0.1) is 5.92 Å². The Morgan fingerprint density at radius 1 is 1.29 bits per heavy atom. The molecule has 0 aromatic carbocycles. The predicted octanol–water partition coefficient (Wildman–Crippen LogP) is 1.80. The minimum Gasteiger partial charge on any atom is -0.352 e. The highest BCUT2D eigenvalue weighted by Crippen LogP contribution is 2.32. The molecule has 2 fully saturated rings. The normalized spacial score (nSPS) is 25.6. The largest absolute Gasteiger partial charge is 0.352 e.